The SMILES string of the molecule is CCCCCCCCCCCCCC(CCCCCCCCCCCCC)(C(=O)O)C(O)(C(=O)O)C(CCCCCCCCCCCCC)(C(=O)O)C(=O)CCC. The molecule has 0 radical (unpaired) electrons. The van der Waals surface area contributed by atoms with Crippen LogP contribution in [0, 0.1) is 10.8 Å². The molecule has 0 aliphatic carbocycles. The summed E-state index contributed by atoms with van der Waals surface area (Å²) in [5.41, 5.74) is -8.43. The highest BCUT2D eigenvalue weighted by atomic mass is 16.4. The molecule has 8 nitrogen and oxygen atoms in total. The molecule has 0 aliphatic rings. The number of hydrogen-bond acceptors (Lipinski definition) is 5. The number of hydrogen-bond donors (Lipinski definition) is 4. The van der Waals surface area contributed by atoms with Gasteiger partial charge in [-0.2, -0.15) is 0 Å². The van der Waals surface area contributed by atoms with Crippen LogP contribution in [0.15, 0.2) is 0 Å². The van der Waals surface area contributed by atoms with Gasteiger partial charge in [0.1, 0.15) is 5.41 Å². The number of carboxylic acids is 3. The summed E-state index contributed by atoms with van der Waals surface area (Å²) in [6, 6.07) is 0. The summed E-state index contributed by atoms with van der Waals surface area (Å²) in [4.78, 5) is 55.0. The first-order chi connectivity index (χ1) is 27.5. The van der Waals surface area contributed by atoms with E-state index in [9.17, 15) is 39.6 Å². The highest BCUT2D eigenvalue weighted by Crippen LogP contribution is 2.55. The first-order valence-electron chi connectivity index (χ1n) is 24.5. The summed E-state index contributed by atoms with van der Waals surface area (Å²) in [5.74, 6) is -6.02. The normalized spacial score (nSPS) is 14.0. The van der Waals surface area contributed by atoms with E-state index >= 15 is 0 Å². The average Bonchev–Trinajstić information content (AvgIpc) is 3.18. The van der Waals surface area contributed by atoms with Gasteiger partial charge in [0.25, 0.3) is 0 Å². The zero-order valence-corrected chi connectivity index (χ0v) is 37.8. The molecule has 0 spiro atoms. The van der Waals surface area contributed by atoms with Gasteiger partial charge in [0.05, 0.1) is 0 Å². The van der Waals surface area contributed by atoms with Crippen LogP contribution < -0.4 is 0 Å². The van der Waals surface area contributed by atoms with Crippen LogP contribution in [-0.2, 0) is 19.2 Å². The van der Waals surface area contributed by atoms with Gasteiger partial charge in [-0.1, -0.05) is 240 Å². The van der Waals surface area contributed by atoms with Crippen LogP contribution in [-0.4, -0.2) is 49.7 Å². The molecule has 336 valence electrons. The lowest BCUT2D eigenvalue weighted by Crippen LogP contribution is -2.72. The van der Waals surface area contributed by atoms with Crippen LogP contribution in [0.25, 0.3) is 0 Å². The highest BCUT2D eigenvalue weighted by Gasteiger charge is 2.75. The monoisotopic (exact) mass is 809 g/mol. The molecule has 8 heteroatoms. The minimum absolute atomic E-state index is 0.188. The largest absolute Gasteiger partial charge is 0.481 e. The lowest BCUT2D eigenvalue weighted by molar-refractivity contribution is -0.224. The number of carboxylic acid groups (broad SMARTS) is 3. The number of aliphatic carboxylic acids is 3. The van der Waals surface area contributed by atoms with Gasteiger partial charge in [0, 0.05) is 6.42 Å². The number of unbranched alkanes of at least 4 members (excludes halogenated alkanes) is 30. The second-order valence-corrected chi connectivity index (χ2v) is 17.6. The molecule has 4 N–H and O–H groups in total. The number of Topliss-reactive ketones (excluding diaryl/α,β-unsaturated/α-hetero) is 1. The molecular formula is C49H92O8. The zero-order chi connectivity index (χ0) is 42.7. The summed E-state index contributed by atoms with van der Waals surface area (Å²) >= 11 is 0. The van der Waals surface area contributed by atoms with Crippen molar-refractivity contribution in [1.82, 2.24) is 0 Å². The van der Waals surface area contributed by atoms with Crippen LogP contribution in [0.4, 0.5) is 0 Å². The molecule has 0 aromatic carbocycles. The molecule has 0 heterocycles. The first kappa shape index (κ1) is 55.0. The Morgan fingerprint density at radius 2 is 0.596 bits per heavy atom. The van der Waals surface area contributed by atoms with Crippen molar-refractivity contribution >= 4 is 23.7 Å². The topological polar surface area (TPSA) is 149 Å². The van der Waals surface area contributed by atoms with Crippen molar-refractivity contribution in [2.24, 2.45) is 10.8 Å². The van der Waals surface area contributed by atoms with Gasteiger partial charge in [-0.05, 0) is 25.7 Å². The molecule has 0 rings (SSSR count). The number of aliphatic hydroxyl groups is 1. The molecule has 0 fully saturated rings. The minimum Gasteiger partial charge on any atom is -0.481 e. The van der Waals surface area contributed by atoms with Gasteiger partial charge < -0.3 is 20.4 Å². The molecule has 0 saturated heterocycles. The van der Waals surface area contributed by atoms with Crippen molar-refractivity contribution in [3.05, 3.63) is 0 Å². The average molecular weight is 809 g/mol. The fourth-order valence-electron chi connectivity index (χ4n) is 9.23. The second kappa shape index (κ2) is 34.9. The molecule has 2 atom stereocenters. The van der Waals surface area contributed by atoms with Gasteiger partial charge in [0.15, 0.2) is 11.2 Å². The fourth-order valence-corrected chi connectivity index (χ4v) is 9.23. The predicted molar refractivity (Wildman–Crippen MR) is 236 cm³/mol. The van der Waals surface area contributed by atoms with Gasteiger partial charge in [0.2, 0.25) is 5.60 Å². The fraction of sp³-hybridized carbons (Fsp3) is 0.918. The molecule has 2 unspecified atom stereocenters. The van der Waals surface area contributed by atoms with E-state index in [1.807, 2.05) is 0 Å². The Hall–Kier alpha value is -1.96. The van der Waals surface area contributed by atoms with Gasteiger partial charge in [-0.15, -0.1) is 0 Å². The van der Waals surface area contributed by atoms with E-state index in [1.54, 1.807) is 6.92 Å². The third-order valence-electron chi connectivity index (χ3n) is 12.9. The number of carbonyl (C=O) groups excluding carboxylic acids is 1. The summed E-state index contributed by atoms with van der Waals surface area (Å²) in [6.07, 6.45) is 32.7. The van der Waals surface area contributed by atoms with Crippen molar-refractivity contribution in [2.75, 3.05) is 0 Å². The third-order valence-corrected chi connectivity index (χ3v) is 12.9. The Morgan fingerprint density at radius 1 is 0.333 bits per heavy atom. The second-order valence-electron chi connectivity index (χ2n) is 17.6. The third kappa shape index (κ3) is 20.2. The summed E-state index contributed by atoms with van der Waals surface area (Å²) in [7, 11) is 0. The molecule has 0 saturated carbocycles. The van der Waals surface area contributed by atoms with E-state index in [4.69, 9.17) is 0 Å². The standard InChI is InChI=1S/C49H92O8/c1-5-9-12-15-18-21-24-27-30-33-36-40-47(44(51)52,41-37-34-31-28-25-22-19-16-13-10-6-2)49(57,46(55)56)48(45(53)54,43(50)39-8-4)42-38-35-32-29-26-23-20-17-14-11-7-3/h57H,5-42H2,1-4H3,(H,51,52)(H,53,54)(H,55,56). The van der Waals surface area contributed by atoms with Crippen LogP contribution in [0.5, 0.6) is 0 Å². The first-order valence-corrected chi connectivity index (χ1v) is 24.5. The van der Waals surface area contributed by atoms with Crippen molar-refractivity contribution in [2.45, 2.75) is 277 Å². The van der Waals surface area contributed by atoms with Gasteiger partial charge >= 0.3 is 17.9 Å². The molecular weight excluding hydrogens is 717 g/mol. The van der Waals surface area contributed by atoms with Crippen LogP contribution in [0.1, 0.15) is 272 Å². The summed E-state index contributed by atoms with van der Waals surface area (Å²) < 4.78 is 0. The van der Waals surface area contributed by atoms with E-state index < -0.39 is 46.5 Å². The summed E-state index contributed by atoms with van der Waals surface area (Å²) in [6.45, 7) is 8.33. The Labute approximate surface area is 350 Å². The Kier molecular flexibility index (Phi) is 33.7. The Bertz CT molecular complexity index is 1000. The summed E-state index contributed by atoms with van der Waals surface area (Å²) in [5, 5.41) is 45.9. The van der Waals surface area contributed by atoms with Crippen molar-refractivity contribution in [1.29, 1.82) is 0 Å². The molecule has 57 heavy (non-hydrogen) atoms. The maximum absolute atomic E-state index is 14.2. The molecule has 0 aromatic heterocycles. The van der Waals surface area contributed by atoms with E-state index in [-0.39, 0.29) is 32.1 Å². The van der Waals surface area contributed by atoms with E-state index in [2.05, 4.69) is 20.8 Å². The van der Waals surface area contributed by atoms with Crippen LogP contribution in [0.2, 0.25) is 0 Å². The number of carbonyl (C=O) groups is 4. The van der Waals surface area contributed by atoms with Crippen LogP contribution in [0.3, 0.4) is 0 Å². The van der Waals surface area contributed by atoms with E-state index in [0.717, 1.165) is 77.0 Å². The maximum atomic E-state index is 14.2. The zero-order valence-electron chi connectivity index (χ0n) is 37.8. The van der Waals surface area contributed by atoms with Gasteiger partial charge in [-0.3, -0.25) is 14.4 Å². The Balaban J connectivity index is 6.21. The van der Waals surface area contributed by atoms with Crippen molar-refractivity contribution in [3.63, 3.8) is 0 Å². The lowest BCUT2D eigenvalue weighted by Gasteiger charge is -2.50. The van der Waals surface area contributed by atoms with Crippen molar-refractivity contribution < 1.29 is 39.6 Å². The smallest absolute Gasteiger partial charge is 0.338 e. The number of rotatable bonds is 44. The quantitative estimate of drug-likeness (QED) is 0.0351. The van der Waals surface area contributed by atoms with Crippen LogP contribution >= 0.6 is 0 Å². The predicted octanol–water partition coefficient (Wildman–Crippen LogP) is 14.4. The molecule has 0 amide bonds. The van der Waals surface area contributed by atoms with E-state index in [0.29, 0.717) is 32.1 Å². The molecule has 0 aromatic rings. The highest BCUT2D eigenvalue weighted by molar-refractivity contribution is 6.10. The maximum Gasteiger partial charge on any atom is 0.338 e. The number of ketones is 1. The van der Waals surface area contributed by atoms with Gasteiger partial charge in [-0.25, -0.2) is 4.79 Å². The Morgan fingerprint density at radius 3 is 0.825 bits per heavy atom. The molecule has 0 aliphatic heterocycles. The van der Waals surface area contributed by atoms with E-state index in [1.165, 1.54) is 96.3 Å². The van der Waals surface area contributed by atoms with Crippen molar-refractivity contribution in [3.8, 4) is 0 Å². The lowest BCUT2D eigenvalue weighted by atomic mass is 9.51. The molecule has 0 bridgehead atoms. The minimum atomic E-state index is -3.32.